The smallest absolute Gasteiger partial charge is 0.252 e. The van der Waals surface area contributed by atoms with Gasteiger partial charge in [0.2, 0.25) is 6.79 Å². The number of hydrogen-bond donors (Lipinski definition) is 1. The van der Waals surface area contributed by atoms with Crippen LogP contribution in [0.5, 0.6) is 11.5 Å². The SMILES string of the molecule is CNC(=O)c1ccc(N2CCN([C@@H](C)c3ccc4c(c3)OCO4)CC2)nc1. The van der Waals surface area contributed by atoms with Crippen LogP contribution < -0.4 is 19.7 Å². The van der Waals surface area contributed by atoms with Gasteiger partial charge in [-0.3, -0.25) is 9.69 Å². The van der Waals surface area contributed by atoms with E-state index in [1.54, 1.807) is 13.2 Å². The molecule has 0 spiro atoms. The van der Waals surface area contributed by atoms with E-state index in [0.717, 1.165) is 43.5 Å². The minimum Gasteiger partial charge on any atom is -0.454 e. The molecule has 0 aliphatic carbocycles. The molecule has 1 N–H and O–H groups in total. The Labute approximate surface area is 158 Å². The van der Waals surface area contributed by atoms with Crippen LogP contribution >= 0.6 is 0 Å². The zero-order valence-electron chi connectivity index (χ0n) is 15.6. The average Bonchev–Trinajstić information content (AvgIpc) is 3.21. The van der Waals surface area contributed by atoms with E-state index in [9.17, 15) is 4.79 Å². The van der Waals surface area contributed by atoms with Crippen molar-refractivity contribution in [1.82, 2.24) is 15.2 Å². The Morgan fingerprint density at radius 2 is 1.89 bits per heavy atom. The van der Waals surface area contributed by atoms with Crippen LogP contribution in [0.1, 0.15) is 28.9 Å². The summed E-state index contributed by atoms with van der Waals surface area (Å²) >= 11 is 0. The van der Waals surface area contributed by atoms with E-state index in [0.29, 0.717) is 18.4 Å². The predicted octanol–water partition coefficient (Wildman–Crippen LogP) is 2.05. The summed E-state index contributed by atoms with van der Waals surface area (Å²) in [5, 5.41) is 2.61. The lowest BCUT2D eigenvalue weighted by Crippen LogP contribution is -2.47. The second kappa shape index (κ2) is 7.44. The van der Waals surface area contributed by atoms with Crippen molar-refractivity contribution in [2.75, 3.05) is 44.9 Å². The number of benzene rings is 1. The molecule has 27 heavy (non-hydrogen) atoms. The van der Waals surface area contributed by atoms with Crippen LogP contribution in [0.2, 0.25) is 0 Å². The van der Waals surface area contributed by atoms with Crippen molar-refractivity contribution in [3.05, 3.63) is 47.7 Å². The Balaban J connectivity index is 1.37. The van der Waals surface area contributed by atoms with Gasteiger partial charge in [0.1, 0.15) is 5.82 Å². The summed E-state index contributed by atoms with van der Waals surface area (Å²) in [5.74, 6) is 2.45. The number of piperazine rings is 1. The number of nitrogens with one attached hydrogen (secondary N) is 1. The first-order valence-electron chi connectivity index (χ1n) is 9.22. The molecule has 7 heteroatoms. The lowest BCUT2D eigenvalue weighted by molar-refractivity contribution is 0.0962. The van der Waals surface area contributed by atoms with E-state index in [1.807, 2.05) is 18.2 Å². The molecule has 3 heterocycles. The lowest BCUT2D eigenvalue weighted by Gasteiger charge is -2.38. The zero-order valence-corrected chi connectivity index (χ0v) is 15.6. The van der Waals surface area contributed by atoms with Crippen molar-refractivity contribution < 1.29 is 14.3 Å². The van der Waals surface area contributed by atoms with Crippen molar-refractivity contribution in [1.29, 1.82) is 0 Å². The highest BCUT2D eigenvalue weighted by molar-refractivity contribution is 5.93. The van der Waals surface area contributed by atoms with Crippen LogP contribution in [0.15, 0.2) is 36.5 Å². The van der Waals surface area contributed by atoms with Crippen molar-refractivity contribution in [3.8, 4) is 11.5 Å². The number of amides is 1. The molecule has 0 saturated carbocycles. The Bertz CT molecular complexity index is 816. The molecule has 1 aromatic heterocycles. The molecule has 0 unspecified atom stereocenters. The summed E-state index contributed by atoms with van der Waals surface area (Å²) < 4.78 is 10.9. The fraction of sp³-hybridized carbons (Fsp3) is 0.400. The van der Waals surface area contributed by atoms with Crippen LogP contribution in [-0.4, -0.2) is 55.8 Å². The first-order chi connectivity index (χ1) is 13.2. The van der Waals surface area contributed by atoms with Gasteiger partial charge in [-0.05, 0) is 36.8 Å². The monoisotopic (exact) mass is 368 g/mol. The van der Waals surface area contributed by atoms with Crippen LogP contribution in [0.3, 0.4) is 0 Å². The summed E-state index contributed by atoms with van der Waals surface area (Å²) in [4.78, 5) is 20.8. The number of nitrogens with zero attached hydrogens (tertiary/aromatic N) is 3. The van der Waals surface area contributed by atoms with Gasteiger partial charge in [-0.1, -0.05) is 6.07 Å². The van der Waals surface area contributed by atoms with Gasteiger partial charge >= 0.3 is 0 Å². The number of carbonyl (C=O) groups excluding carboxylic acids is 1. The van der Waals surface area contributed by atoms with Crippen LogP contribution in [0.4, 0.5) is 5.82 Å². The molecular weight excluding hydrogens is 344 g/mol. The molecule has 2 aromatic rings. The molecule has 0 bridgehead atoms. The van der Waals surface area contributed by atoms with Crippen LogP contribution in [0, 0.1) is 0 Å². The fourth-order valence-corrected chi connectivity index (χ4v) is 3.57. The zero-order chi connectivity index (χ0) is 18.8. The maximum atomic E-state index is 11.6. The predicted molar refractivity (Wildman–Crippen MR) is 102 cm³/mol. The molecule has 2 aliphatic heterocycles. The highest BCUT2D eigenvalue weighted by Gasteiger charge is 2.24. The number of fused-ring (bicyclic) bond motifs is 1. The quantitative estimate of drug-likeness (QED) is 0.891. The second-order valence-corrected chi connectivity index (χ2v) is 6.80. The Morgan fingerprint density at radius 1 is 1.11 bits per heavy atom. The van der Waals surface area contributed by atoms with Gasteiger partial charge < -0.3 is 19.7 Å². The second-order valence-electron chi connectivity index (χ2n) is 6.80. The normalized spacial score (nSPS) is 17.6. The summed E-state index contributed by atoms with van der Waals surface area (Å²) in [6.07, 6.45) is 1.63. The number of rotatable bonds is 4. The average molecular weight is 368 g/mol. The van der Waals surface area contributed by atoms with Crippen LogP contribution in [-0.2, 0) is 0 Å². The minimum absolute atomic E-state index is 0.114. The van der Waals surface area contributed by atoms with Gasteiger partial charge in [-0.2, -0.15) is 0 Å². The van der Waals surface area contributed by atoms with Gasteiger partial charge in [-0.15, -0.1) is 0 Å². The van der Waals surface area contributed by atoms with Crippen LogP contribution in [0.25, 0.3) is 0 Å². The molecule has 1 aromatic carbocycles. The number of ether oxygens (including phenoxy) is 2. The standard InChI is InChI=1S/C20H24N4O3/c1-14(15-3-5-17-18(11-15)27-13-26-17)23-7-9-24(10-8-23)19-6-4-16(12-22-19)20(25)21-2/h3-6,11-12,14H,7-10,13H2,1-2H3,(H,21,25)/t14-/m0/s1. The number of aromatic nitrogens is 1. The Kier molecular flexibility index (Phi) is 4.85. The first-order valence-corrected chi connectivity index (χ1v) is 9.22. The molecule has 2 aliphatic rings. The van der Waals surface area contributed by atoms with Gasteiger partial charge in [0, 0.05) is 45.5 Å². The first kappa shape index (κ1) is 17.6. The van der Waals surface area contributed by atoms with Crippen molar-refractivity contribution in [2.24, 2.45) is 0 Å². The van der Waals surface area contributed by atoms with Crippen molar-refractivity contribution in [3.63, 3.8) is 0 Å². The summed E-state index contributed by atoms with van der Waals surface area (Å²) in [5.41, 5.74) is 1.82. The molecule has 1 fully saturated rings. The molecule has 1 saturated heterocycles. The summed E-state index contributed by atoms with van der Waals surface area (Å²) in [6, 6.07) is 10.2. The topological polar surface area (TPSA) is 66.9 Å². The maximum Gasteiger partial charge on any atom is 0.252 e. The van der Waals surface area contributed by atoms with E-state index in [2.05, 4.69) is 39.2 Å². The van der Waals surface area contributed by atoms with Gasteiger partial charge in [0.25, 0.3) is 5.91 Å². The number of hydrogen-bond acceptors (Lipinski definition) is 6. The maximum absolute atomic E-state index is 11.6. The highest BCUT2D eigenvalue weighted by atomic mass is 16.7. The Hall–Kier alpha value is -2.80. The molecule has 7 nitrogen and oxygen atoms in total. The van der Waals surface area contributed by atoms with Crippen molar-refractivity contribution >= 4 is 11.7 Å². The van der Waals surface area contributed by atoms with Gasteiger partial charge in [-0.25, -0.2) is 4.98 Å². The third-order valence-electron chi connectivity index (χ3n) is 5.30. The molecule has 0 radical (unpaired) electrons. The van der Waals surface area contributed by atoms with E-state index >= 15 is 0 Å². The van der Waals surface area contributed by atoms with Gasteiger partial charge in [0.05, 0.1) is 5.56 Å². The number of carbonyl (C=O) groups is 1. The fourth-order valence-electron chi connectivity index (χ4n) is 3.57. The lowest BCUT2D eigenvalue weighted by atomic mass is 10.1. The summed E-state index contributed by atoms with van der Waals surface area (Å²) in [7, 11) is 1.62. The van der Waals surface area contributed by atoms with E-state index in [4.69, 9.17) is 9.47 Å². The van der Waals surface area contributed by atoms with Gasteiger partial charge in [0.15, 0.2) is 11.5 Å². The third-order valence-corrected chi connectivity index (χ3v) is 5.30. The van der Waals surface area contributed by atoms with Crippen molar-refractivity contribution in [2.45, 2.75) is 13.0 Å². The van der Waals surface area contributed by atoms with E-state index in [-0.39, 0.29) is 5.91 Å². The molecular formula is C20H24N4O3. The summed E-state index contributed by atoms with van der Waals surface area (Å²) in [6.45, 7) is 6.24. The minimum atomic E-state index is -0.114. The number of anilines is 1. The molecule has 4 rings (SSSR count). The highest BCUT2D eigenvalue weighted by Crippen LogP contribution is 2.35. The largest absolute Gasteiger partial charge is 0.454 e. The molecule has 1 amide bonds. The Morgan fingerprint density at radius 3 is 2.59 bits per heavy atom. The van der Waals surface area contributed by atoms with E-state index in [1.165, 1.54) is 5.56 Å². The molecule has 142 valence electrons. The van der Waals surface area contributed by atoms with E-state index < -0.39 is 0 Å². The third kappa shape index (κ3) is 3.55. The number of pyridine rings is 1. The molecule has 1 atom stereocenters.